The molecule has 0 aliphatic carbocycles. The monoisotopic (exact) mass is 270 g/mol. The summed E-state index contributed by atoms with van der Waals surface area (Å²) in [4.78, 5) is 12.6. The molecule has 3 heteroatoms. The van der Waals surface area contributed by atoms with E-state index in [1.165, 1.54) is 11.5 Å². The first-order chi connectivity index (χ1) is 8.49. The van der Waals surface area contributed by atoms with Crippen molar-refractivity contribution in [1.82, 2.24) is 0 Å². The predicted octanol–water partition coefficient (Wildman–Crippen LogP) is 3.68. The van der Waals surface area contributed by atoms with E-state index in [9.17, 15) is 4.79 Å². The summed E-state index contributed by atoms with van der Waals surface area (Å²) in [5.74, 6) is 3.08. The first-order valence-electron chi connectivity index (χ1n) is 7.25. The van der Waals surface area contributed by atoms with Gasteiger partial charge in [-0.2, -0.15) is 11.8 Å². The van der Waals surface area contributed by atoms with Crippen molar-refractivity contribution in [2.24, 2.45) is 11.3 Å². The van der Waals surface area contributed by atoms with Crippen molar-refractivity contribution in [2.45, 2.75) is 58.5 Å². The van der Waals surface area contributed by atoms with E-state index in [-0.39, 0.29) is 16.9 Å². The van der Waals surface area contributed by atoms with Gasteiger partial charge in [-0.25, -0.2) is 0 Å². The number of ketones is 1. The van der Waals surface area contributed by atoms with Gasteiger partial charge in [0.2, 0.25) is 0 Å². The molecule has 1 atom stereocenters. The van der Waals surface area contributed by atoms with Crippen LogP contribution in [0.15, 0.2) is 0 Å². The molecule has 104 valence electrons. The topological polar surface area (TPSA) is 26.3 Å². The Bertz CT molecular complexity index is 300. The van der Waals surface area contributed by atoms with Crippen LogP contribution in [0.4, 0.5) is 0 Å². The molecule has 0 radical (unpaired) electrons. The van der Waals surface area contributed by atoms with Gasteiger partial charge in [-0.05, 0) is 43.6 Å². The van der Waals surface area contributed by atoms with Crippen molar-refractivity contribution in [3.63, 3.8) is 0 Å². The van der Waals surface area contributed by atoms with Crippen LogP contribution in [-0.2, 0) is 9.53 Å². The lowest BCUT2D eigenvalue weighted by Gasteiger charge is -2.44. The second-order valence-electron chi connectivity index (χ2n) is 6.44. The molecule has 0 aromatic carbocycles. The number of hydrogen-bond acceptors (Lipinski definition) is 3. The normalized spacial score (nSPS) is 28.3. The SMILES string of the molecule is CCC(C)(C)C(=O)C1CCOC2(CCSCC2)C1. The van der Waals surface area contributed by atoms with Crippen LogP contribution < -0.4 is 0 Å². The van der Waals surface area contributed by atoms with Gasteiger partial charge < -0.3 is 4.74 Å². The van der Waals surface area contributed by atoms with Gasteiger partial charge in [-0.15, -0.1) is 0 Å². The van der Waals surface area contributed by atoms with Gasteiger partial charge in [0.1, 0.15) is 5.78 Å². The summed E-state index contributed by atoms with van der Waals surface area (Å²) in [7, 11) is 0. The lowest BCUT2D eigenvalue weighted by molar-refractivity contribution is -0.146. The Morgan fingerprint density at radius 1 is 1.39 bits per heavy atom. The lowest BCUT2D eigenvalue weighted by Crippen LogP contribution is -2.46. The van der Waals surface area contributed by atoms with Gasteiger partial charge in [0.15, 0.2) is 0 Å². The van der Waals surface area contributed by atoms with E-state index in [1.807, 2.05) is 11.8 Å². The Balaban J connectivity index is 2.04. The molecule has 1 unspecified atom stereocenters. The van der Waals surface area contributed by atoms with E-state index in [0.29, 0.717) is 5.78 Å². The average Bonchev–Trinajstić information content (AvgIpc) is 2.39. The Kier molecular flexibility index (Phi) is 4.43. The molecule has 0 aromatic rings. The van der Waals surface area contributed by atoms with E-state index in [2.05, 4.69) is 20.8 Å². The molecule has 2 saturated heterocycles. The van der Waals surface area contributed by atoms with Crippen molar-refractivity contribution >= 4 is 17.5 Å². The van der Waals surface area contributed by atoms with Gasteiger partial charge in [0.05, 0.1) is 5.60 Å². The highest BCUT2D eigenvalue weighted by molar-refractivity contribution is 7.99. The molecule has 2 heterocycles. The second kappa shape index (κ2) is 5.54. The third-order valence-corrected chi connectivity index (χ3v) is 5.80. The third kappa shape index (κ3) is 2.93. The molecule has 18 heavy (non-hydrogen) atoms. The zero-order valence-corrected chi connectivity index (χ0v) is 12.8. The van der Waals surface area contributed by atoms with E-state index in [4.69, 9.17) is 4.74 Å². The van der Waals surface area contributed by atoms with Crippen LogP contribution in [0, 0.1) is 11.3 Å². The van der Waals surface area contributed by atoms with Crippen molar-refractivity contribution in [3.8, 4) is 0 Å². The highest BCUT2D eigenvalue weighted by atomic mass is 32.2. The standard InChI is InChI=1S/C15H26O2S/c1-4-14(2,3)13(16)12-5-8-17-15(11-12)6-9-18-10-7-15/h12H,4-11H2,1-3H3. The van der Waals surface area contributed by atoms with E-state index >= 15 is 0 Å². The molecule has 2 aliphatic rings. The van der Waals surface area contributed by atoms with Crippen molar-refractivity contribution in [3.05, 3.63) is 0 Å². The number of carbonyl (C=O) groups excluding carboxylic acids is 1. The summed E-state index contributed by atoms with van der Waals surface area (Å²) in [6, 6.07) is 0. The van der Waals surface area contributed by atoms with Gasteiger partial charge in [0.25, 0.3) is 0 Å². The van der Waals surface area contributed by atoms with Crippen LogP contribution in [0.25, 0.3) is 0 Å². The molecule has 0 amide bonds. The first kappa shape index (κ1) is 14.4. The van der Waals surface area contributed by atoms with Crippen LogP contribution in [0.3, 0.4) is 0 Å². The minimum absolute atomic E-state index is 0.0354. The average molecular weight is 270 g/mol. The number of hydrogen-bond donors (Lipinski definition) is 0. The molecule has 0 aromatic heterocycles. The van der Waals surface area contributed by atoms with Gasteiger partial charge in [-0.3, -0.25) is 4.79 Å². The maximum atomic E-state index is 12.6. The van der Waals surface area contributed by atoms with Crippen molar-refractivity contribution in [2.75, 3.05) is 18.1 Å². The molecule has 2 aliphatic heterocycles. The summed E-state index contributed by atoms with van der Waals surface area (Å²) in [6.07, 6.45) is 5.10. The van der Waals surface area contributed by atoms with Crippen molar-refractivity contribution < 1.29 is 9.53 Å². The van der Waals surface area contributed by atoms with Crippen LogP contribution >= 0.6 is 11.8 Å². The Labute approximate surface area is 115 Å². The molecule has 0 bridgehead atoms. The lowest BCUT2D eigenvalue weighted by atomic mass is 9.72. The second-order valence-corrected chi connectivity index (χ2v) is 7.66. The van der Waals surface area contributed by atoms with Crippen LogP contribution in [0.1, 0.15) is 52.9 Å². The van der Waals surface area contributed by atoms with Gasteiger partial charge in [-0.1, -0.05) is 20.8 Å². The number of thioether (sulfide) groups is 1. The molecule has 2 fully saturated rings. The highest BCUT2D eigenvalue weighted by Crippen LogP contribution is 2.42. The molecule has 0 saturated carbocycles. The molecular formula is C15H26O2S. The largest absolute Gasteiger partial charge is 0.375 e. The zero-order valence-electron chi connectivity index (χ0n) is 12.0. The summed E-state index contributed by atoms with van der Waals surface area (Å²) >= 11 is 2.02. The molecule has 0 N–H and O–H groups in total. The maximum Gasteiger partial charge on any atom is 0.141 e. The molecule has 1 spiro atoms. The Morgan fingerprint density at radius 2 is 2.06 bits per heavy atom. The summed E-state index contributed by atoms with van der Waals surface area (Å²) in [6.45, 7) is 7.08. The molecule has 2 nitrogen and oxygen atoms in total. The minimum atomic E-state index is -0.160. The smallest absolute Gasteiger partial charge is 0.141 e. The maximum absolute atomic E-state index is 12.6. The predicted molar refractivity (Wildman–Crippen MR) is 77.0 cm³/mol. The number of Topliss-reactive ketones (excluding diaryl/α,β-unsaturated/α-hetero) is 1. The fourth-order valence-corrected chi connectivity index (χ4v) is 4.31. The summed E-state index contributed by atoms with van der Waals surface area (Å²) in [5, 5.41) is 0. The van der Waals surface area contributed by atoms with Crippen molar-refractivity contribution in [1.29, 1.82) is 0 Å². The third-order valence-electron chi connectivity index (χ3n) is 4.82. The fraction of sp³-hybridized carbons (Fsp3) is 0.933. The molecular weight excluding hydrogens is 244 g/mol. The van der Waals surface area contributed by atoms with E-state index in [0.717, 1.165) is 38.7 Å². The van der Waals surface area contributed by atoms with Crippen LogP contribution in [-0.4, -0.2) is 29.5 Å². The minimum Gasteiger partial charge on any atom is -0.375 e. The molecule has 2 rings (SSSR count). The Morgan fingerprint density at radius 3 is 2.67 bits per heavy atom. The fourth-order valence-electron chi connectivity index (χ4n) is 3.07. The number of carbonyl (C=O) groups is 1. The number of rotatable bonds is 3. The van der Waals surface area contributed by atoms with Crippen LogP contribution in [0.2, 0.25) is 0 Å². The quantitative estimate of drug-likeness (QED) is 0.782. The zero-order chi connectivity index (χ0) is 13.2. The first-order valence-corrected chi connectivity index (χ1v) is 8.41. The van der Waals surface area contributed by atoms with E-state index in [1.54, 1.807) is 0 Å². The number of ether oxygens (including phenoxy) is 1. The summed E-state index contributed by atoms with van der Waals surface area (Å²) < 4.78 is 6.07. The van der Waals surface area contributed by atoms with Gasteiger partial charge >= 0.3 is 0 Å². The van der Waals surface area contributed by atoms with Gasteiger partial charge in [0, 0.05) is 17.9 Å². The highest BCUT2D eigenvalue weighted by Gasteiger charge is 2.43. The Hall–Kier alpha value is -0.0200. The summed E-state index contributed by atoms with van der Waals surface area (Å²) in [5.41, 5.74) is -0.125. The van der Waals surface area contributed by atoms with E-state index < -0.39 is 0 Å². The van der Waals surface area contributed by atoms with Crippen LogP contribution in [0.5, 0.6) is 0 Å².